The van der Waals surface area contributed by atoms with Gasteiger partial charge in [-0.1, -0.05) is 26.2 Å². The number of fused-ring (bicyclic) bond motifs is 3. The van der Waals surface area contributed by atoms with E-state index in [2.05, 4.69) is 17.9 Å². The molecule has 10 heteroatoms. The molecule has 10 nitrogen and oxygen atoms in total. The van der Waals surface area contributed by atoms with E-state index >= 15 is 0 Å². The lowest BCUT2D eigenvalue weighted by molar-refractivity contribution is -0.180. The van der Waals surface area contributed by atoms with E-state index in [1.54, 1.807) is 21.0 Å². The summed E-state index contributed by atoms with van der Waals surface area (Å²) in [6, 6.07) is 4.02. The molecule has 0 aromatic heterocycles. The molecule has 2 N–H and O–H groups in total. The minimum Gasteiger partial charge on any atom is -0.497 e. The molecule has 5 rings (SSSR count). The molecule has 0 amide bonds. The Morgan fingerprint density at radius 1 is 1.09 bits per heavy atom. The molecular formula is C33H47NO9. The van der Waals surface area contributed by atoms with Crippen LogP contribution < -0.4 is 9.47 Å². The highest BCUT2D eigenvalue weighted by Crippen LogP contribution is 2.55. The van der Waals surface area contributed by atoms with Gasteiger partial charge in [0.1, 0.15) is 5.76 Å². The van der Waals surface area contributed by atoms with Crippen LogP contribution in [0.4, 0.5) is 0 Å². The summed E-state index contributed by atoms with van der Waals surface area (Å²) in [5.41, 5.74) is -1.69. The molecule has 1 fully saturated rings. The van der Waals surface area contributed by atoms with Gasteiger partial charge in [-0.2, -0.15) is 0 Å². The second-order valence-electron chi connectivity index (χ2n) is 13.1. The van der Waals surface area contributed by atoms with E-state index in [9.17, 15) is 19.8 Å². The molecule has 238 valence electrons. The molecule has 4 aliphatic rings. The molecule has 1 aromatic rings. The van der Waals surface area contributed by atoms with Crippen LogP contribution in [0.15, 0.2) is 24.0 Å². The van der Waals surface area contributed by atoms with E-state index in [0.29, 0.717) is 23.7 Å². The zero-order chi connectivity index (χ0) is 30.8. The van der Waals surface area contributed by atoms with Crippen molar-refractivity contribution in [3.63, 3.8) is 0 Å². The first-order valence-corrected chi connectivity index (χ1v) is 15.8. The number of nitrogens with zero attached hydrogens (tertiary/aromatic N) is 1. The summed E-state index contributed by atoms with van der Waals surface area (Å²) < 4.78 is 28.9. The first-order chi connectivity index (χ1) is 20.5. The lowest BCUT2D eigenvalue weighted by atomic mass is 9.77. The van der Waals surface area contributed by atoms with Crippen molar-refractivity contribution in [1.29, 1.82) is 0 Å². The van der Waals surface area contributed by atoms with Crippen molar-refractivity contribution >= 4 is 11.9 Å². The fourth-order valence-corrected chi connectivity index (χ4v) is 7.10. The number of rotatable bonds is 13. The van der Waals surface area contributed by atoms with Crippen LogP contribution in [-0.4, -0.2) is 83.5 Å². The van der Waals surface area contributed by atoms with Crippen molar-refractivity contribution in [2.45, 2.75) is 114 Å². The van der Waals surface area contributed by atoms with Gasteiger partial charge in [0.2, 0.25) is 6.79 Å². The van der Waals surface area contributed by atoms with Gasteiger partial charge in [0, 0.05) is 6.54 Å². The second kappa shape index (κ2) is 12.7. The lowest BCUT2D eigenvalue weighted by Gasteiger charge is -2.39. The number of esters is 2. The van der Waals surface area contributed by atoms with Crippen LogP contribution in [0, 0.1) is 0 Å². The SMILES string of the molecule is CCCCCCOC(=O)CC(O)(CCC(C)(C)O)C(=O)OC1C(OC)=C[C@]23CCCN2CCc2cc4c(cc2[C@H]13)OCO4. The van der Waals surface area contributed by atoms with Gasteiger partial charge in [0.05, 0.1) is 37.2 Å². The quantitative estimate of drug-likeness (QED) is 0.252. The first-order valence-electron chi connectivity index (χ1n) is 15.8. The molecule has 2 unspecified atom stereocenters. The highest BCUT2D eigenvalue weighted by molar-refractivity contribution is 5.86. The van der Waals surface area contributed by atoms with Crippen LogP contribution in [-0.2, 0) is 30.2 Å². The number of benzene rings is 1. The van der Waals surface area contributed by atoms with Crippen molar-refractivity contribution in [2.24, 2.45) is 0 Å². The van der Waals surface area contributed by atoms with E-state index in [0.717, 1.165) is 62.7 Å². The van der Waals surface area contributed by atoms with Crippen molar-refractivity contribution in [3.8, 4) is 11.5 Å². The van der Waals surface area contributed by atoms with Gasteiger partial charge in [0.15, 0.2) is 23.2 Å². The number of carbonyl (C=O) groups excluding carboxylic acids is 2. The fraction of sp³-hybridized carbons (Fsp3) is 0.697. The molecule has 1 aromatic carbocycles. The van der Waals surface area contributed by atoms with E-state index < -0.39 is 41.2 Å². The summed E-state index contributed by atoms with van der Waals surface area (Å²) in [5.74, 6) is -0.0495. The maximum Gasteiger partial charge on any atom is 0.339 e. The second-order valence-corrected chi connectivity index (χ2v) is 13.1. The van der Waals surface area contributed by atoms with Gasteiger partial charge in [-0.3, -0.25) is 9.69 Å². The summed E-state index contributed by atoms with van der Waals surface area (Å²) >= 11 is 0. The molecule has 1 aliphatic carbocycles. The third kappa shape index (κ3) is 6.51. The predicted octanol–water partition coefficient (Wildman–Crippen LogP) is 4.14. The topological polar surface area (TPSA) is 124 Å². The highest BCUT2D eigenvalue weighted by Gasteiger charge is 2.59. The van der Waals surface area contributed by atoms with E-state index in [1.165, 1.54) is 0 Å². The Morgan fingerprint density at radius 3 is 2.58 bits per heavy atom. The number of hydrogen-bond donors (Lipinski definition) is 2. The van der Waals surface area contributed by atoms with Crippen molar-refractivity contribution < 1.29 is 43.5 Å². The minimum absolute atomic E-state index is 0.0769. The van der Waals surface area contributed by atoms with Gasteiger partial charge in [-0.25, -0.2) is 4.79 Å². The third-order valence-corrected chi connectivity index (χ3v) is 9.43. The molecule has 3 aliphatic heterocycles. The van der Waals surface area contributed by atoms with Crippen LogP contribution in [0.5, 0.6) is 11.5 Å². The van der Waals surface area contributed by atoms with Crippen LogP contribution in [0.25, 0.3) is 0 Å². The largest absolute Gasteiger partial charge is 0.497 e. The summed E-state index contributed by atoms with van der Waals surface area (Å²) in [4.78, 5) is 29.3. The maximum absolute atomic E-state index is 14.0. The number of hydrogen-bond acceptors (Lipinski definition) is 10. The Labute approximate surface area is 254 Å². The number of aliphatic hydroxyl groups is 2. The zero-order valence-corrected chi connectivity index (χ0v) is 26.0. The number of ether oxygens (including phenoxy) is 5. The number of unbranched alkanes of at least 4 members (excludes halogenated alkanes) is 3. The van der Waals surface area contributed by atoms with Gasteiger partial charge >= 0.3 is 11.9 Å². The van der Waals surface area contributed by atoms with E-state index in [1.807, 2.05) is 12.1 Å². The molecule has 1 spiro atoms. The predicted molar refractivity (Wildman–Crippen MR) is 158 cm³/mol. The highest BCUT2D eigenvalue weighted by atomic mass is 16.7. The number of carbonyl (C=O) groups is 2. The maximum atomic E-state index is 14.0. The van der Waals surface area contributed by atoms with Crippen molar-refractivity contribution in [3.05, 3.63) is 35.1 Å². The Balaban J connectivity index is 1.43. The van der Waals surface area contributed by atoms with Crippen LogP contribution >= 0.6 is 0 Å². The van der Waals surface area contributed by atoms with Crippen LogP contribution in [0.1, 0.15) is 95.6 Å². The minimum atomic E-state index is -2.19. The van der Waals surface area contributed by atoms with Gasteiger partial charge in [-0.15, -0.1) is 0 Å². The van der Waals surface area contributed by atoms with Crippen molar-refractivity contribution in [1.82, 2.24) is 4.90 Å². The van der Waals surface area contributed by atoms with Crippen LogP contribution in [0.2, 0.25) is 0 Å². The third-order valence-electron chi connectivity index (χ3n) is 9.43. The van der Waals surface area contributed by atoms with E-state index in [4.69, 9.17) is 23.7 Å². The van der Waals surface area contributed by atoms with E-state index in [-0.39, 0.29) is 32.2 Å². The molecule has 43 heavy (non-hydrogen) atoms. The molecule has 4 atom stereocenters. The molecule has 0 bridgehead atoms. The Morgan fingerprint density at radius 2 is 1.86 bits per heavy atom. The Hall–Kier alpha value is -2.82. The molecule has 0 saturated carbocycles. The van der Waals surface area contributed by atoms with Crippen molar-refractivity contribution in [2.75, 3.05) is 33.6 Å². The normalized spacial score (nSPS) is 25.6. The summed E-state index contributed by atoms with van der Waals surface area (Å²) in [5, 5.41) is 22.2. The standard InChI is InChI=1S/C33H47NO9/c1-5-6-7-8-16-40-27(35)20-33(38,13-12-31(2,3)37)30(36)43-29-26(39-4)19-32-11-9-14-34(32)15-10-22-17-24-25(42-21-41-24)18-23(22)28(29)32/h17-19,28-29,37-38H,5-16,20-21H2,1-4H3/t28-,29?,32+,33?/m1/s1. The Bertz CT molecular complexity index is 1220. The van der Waals surface area contributed by atoms with Gasteiger partial charge in [-0.05, 0) is 88.3 Å². The smallest absolute Gasteiger partial charge is 0.339 e. The van der Waals surface area contributed by atoms with Gasteiger partial charge in [0.25, 0.3) is 0 Å². The summed E-state index contributed by atoms with van der Waals surface area (Å²) in [6.07, 6.45) is 7.00. The van der Waals surface area contributed by atoms with Gasteiger partial charge < -0.3 is 33.9 Å². The molecule has 1 saturated heterocycles. The van der Waals surface area contributed by atoms with Crippen LogP contribution in [0.3, 0.4) is 0 Å². The summed E-state index contributed by atoms with van der Waals surface area (Å²) in [6.45, 7) is 7.41. The fourth-order valence-electron chi connectivity index (χ4n) is 7.10. The molecular weight excluding hydrogens is 554 g/mol. The zero-order valence-electron chi connectivity index (χ0n) is 26.0. The molecule has 3 heterocycles. The Kier molecular flexibility index (Phi) is 9.30. The lowest BCUT2D eigenvalue weighted by Crippen LogP contribution is -2.49. The summed E-state index contributed by atoms with van der Waals surface area (Å²) in [7, 11) is 1.56. The average Bonchev–Trinajstić information content (AvgIpc) is 3.65. The average molecular weight is 602 g/mol. The first kappa shape index (κ1) is 31.6. The number of methoxy groups -OCH3 is 1. The molecule has 0 radical (unpaired) electrons. The monoisotopic (exact) mass is 601 g/mol.